The second kappa shape index (κ2) is 9.77. The van der Waals surface area contributed by atoms with E-state index in [9.17, 15) is 0 Å². The fourth-order valence-corrected chi connectivity index (χ4v) is 7.38. The van der Waals surface area contributed by atoms with Gasteiger partial charge in [0, 0.05) is 16.2 Å². The third kappa shape index (κ3) is 4.00. The van der Waals surface area contributed by atoms with E-state index in [0.717, 1.165) is 5.52 Å². The quantitative estimate of drug-likeness (QED) is 0.115. The third-order valence-electron chi connectivity index (χ3n) is 9.78. The summed E-state index contributed by atoms with van der Waals surface area (Å²) in [6.07, 6.45) is 2.01. The highest BCUT2D eigenvalue weighted by Gasteiger charge is 2.26. The van der Waals surface area contributed by atoms with E-state index in [2.05, 4.69) is 133 Å². The van der Waals surface area contributed by atoms with Gasteiger partial charge >= 0.3 is 0 Å². The Bertz CT molecular complexity index is 2180. The van der Waals surface area contributed by atoms with Crippen molar-refractivity contribution < 1.29 is 4.57 Å². The van der Waals surface area contributed by atoms with Gasteiger partial charge in [0.2, 0.25) is 0 Å². The molecule has 7 aromatic rings. The van der Waals surface area contributed by atoms with Crippen LogP contribution < -0.4 is 4.57 Å². The molecular weight excluding hydrogens is 522 g/mol. The number of benzene rings is 4. The molecule has 0 spiro atoms. The molecule has 0 aliphatic heterocycles. The van der Waals surface area contributed by atoms with E-state index in [1.165, 1.54) is 82.6 Å². The molecular formula is C40H44N3+. The Labute approximate surface area is 255 Å². The van der Waals surface area contributed by atoms with Gasteiger partial charge in [0.05, 0.1) is 29.0 Å². The molecule has 0 atom stereocenters. The minimum Gasteiger partial charge on any atom is -0.307 e. The van der Waals surface area contributed by atoms with Crippen molar-refractivity contribution >= 4 is 49.1 Å². The molecule has 3 nitrogen and oxygen atoms in total. The van der Waals surface area contributed by atoms with E-state index in [-0.39, 0.29) is 0 Å². The van der Waals surface area contributed by atoms with Crippen LogP contribution in [0.4, 0.5) is 0 Å². The molecule has 3 heterocycles. The summed E-state index contributed by atoms with van der Waals surface area (Å²) in [6.45, 7) is 20.8. The predicted molar refractivity (Wildman–Crippen MR) is 184 cm³/mol. The van der Waals surface area contributed by atoms with Gasteiger partial charge in [-0.1, -0.05) is 91.8 Å². The van der Waals surface area contributed by atoms with Crippen LogP contribution in [0.25, 0.3) is 60.3 Å². The Morgan fingerprint density at radius 3 is 1.93 bits per heavy atom. The van der Waals surface area contributed by atoms with E-state index in [4.69, 9.17) is 4.98 Å². The molecule has 0 bridgehead atoms. The Hall–Kier alpha value is -3.98. The first-order valence-corrected chi connectivity index (χ1v) is 16.1. The van der Waals surface area contributed by atoms with Crippen LogP contribution in [-0.4, -0.2) is 9.38 Å². The van der Waals surface area contributed by atoms with Gasteiger partial charge in [0.15, 0.2) is 5.52 Å². The predicted octanol–water partition coefficient (Wildman–Crippen LogP) is 10.7. The lowest BCUT2D eigenvalue weighted by molar-refractivity contribution is -0.646. The lowest BCUT2D eigenvalue weighted by atomic mass is 9.81. The monoisotopic (exact) mass is 566 g/mol. The Morgan fingerprint density at radius 2 is 1.30 bits per heavy atom. The van der Waals surface area contributed by atoms with Crippen LogP contribution in [0, 0.1) is 6.92 Å². The Morgan fingerprint density at radius 1 is 0.651 bits per heavy atom. The standard InChI is InChI=1S/C40H44N3/c1-21(2)26-12-14-29-30-13-11-25(9)36-39(30)43(34(29)18-26)35-19-28(17-33-38(35)40(36)42(10)20-41-33)37-31(23(5)6)15-27(22(3)4)16-32(37)24(7)8/h11-24H,1-10H3/q+1. The van der Waals surface area contributed by atoms with Crippen molar-refractivity contribution in [3.05, 3.63) is 88.7 Å². The normalized spacial score (nSPS) is 12.8. The van der Waals surface area contributed by atoms with Crippen molar-refractivity contribution in [2.45, 2.75) is 86.0 Å². The Kier molecular flexibility index (Phi) is 6.32. The summed E-state index contributed by atoms with van der Waals surface area (Å²) >= 11 is 0. The molecule has 0 saturated heterocycles. The van der Waals surface area contributed by atoms with Gasteiger partial charge in [-0.2, -0.15) is 0 Å². The summed E-state index contributed by atoms with van der Waals surface area (Å²) in [6, 6.07) is 21.5. The van der Waals surface area contributed by atoms with Crippen LogP contribution in [0.2, 0.25) is 0 Å². The lowest BCUT2D eigenvalue weighted by Crippen LogP contribution is -2.30. The zero-order valence-electron chi connectivity index (χ0n) is 27.4. The summed E-state index contributed by atoms with van der Waals surface area (Å²) in [5.41, 5.74) is 15.8. The second-order valence-electron chi connectivity index (χ2n) is 14.1. The molecule has 0 N–H and O–H groups in total. The topological polar surface area (TPSA) is 21.2 Å². The molecule has 0 aliphatic carbocycles. The van der Waals surface area contributed by atoms with Crippen molar-refractivity contribution in [2.24, 2.45) is 7.05 Å². The van der Waals surface area contributed by atoms with Crippen LogP contribution in [0.3, 0.4) is 0 Å². The molecule has 4 aromatic carbocycles. The van der Waals surface area contributed by atoms with Crippen LogP contribution in [-0.2, 0) is 7.05 Å². The van der Waals surface area contributed by atoms with Gasteiger partial charge in [0.25, 0.3) is 6.33 Å². The van der Waals surface area contributed by atoms with Gasteiger partial charge in [-0.3, -0.25) is 0 Å². The highest BCUT2D eigenvalue weighted by molar-refractivity contribution is 6.25. The summed E-state index contributed by atoms with van der Waals surface area (Å²) < 4.78 is 4.79. The van der Waals surface area contributed by atoms with Gasteiger partial charge in [-0.15, -0.1) is 0 Å². The van der Waals surface area contributed by atoms with Crippen molar-refractivity contribution in [2.75, 3.05) is 0 Å². The molecule has 0 radical (unpaired) electrons. The van der Waals surface area contributed by atoms with Crippen LogP contribution in [0.15, 0.2) is 60.9 Å². The first kappa shape index (κ1) is 27.8. The molecule has 0 amide bonds. The molecule has 7 rings (SSSR count). The summed E-state index contributed by atoms with van der Waals surface area (Å²) in [7, 11) is 2.14. The smallest absolute Gasteiger partial charge is 0.287 e. The first-order chi connectivity index (χ1) is 20.5. The van der Waals surface area contributed by atoms with E-state index < -0.39 is 0 Å². The molecule has 3 aromatic heterocycles. The number of hydrogen-bond donors (Lipinski definition) is 0. The maximum atomic E-state index is 5.09. The number of pyridine rings is 1. The second-order valence-corrected chi connectivity index (χ2v) is 14.1. The molecule has 0 saturated carbocycles. The zero-order valence-corrected chi connectivity index (χ0v) is 27.4. The molecule has 218 valence electrons. The van der Waals surface area contributed by atoms with E-state index >= 15 is 0 Å². The van der Waals surface area contributed by atoms with Crippen molar-refractivity contribution in [3.8, 4) is 11.1 Å². The zero-order chi connectivity index (χ0) is 30.5. The highest BCUT2D eigenvalue weighted by Crippen LogP contribution is 2.44. The van der Waals surface area contributed by atoms with Crippen molar-refractivity contribution in [1.29, 1.82) is 0 Å². The van der Waals surface area contributed by atoms with E-state index in [1.807, 2.05) is 6.33 Å². The van der Waals surface area contributed by atoms with Crippen molar-refractivity contribution in [1.82, 2.24) is 9.38 Å². The number of aromatic nitrogens is 3. The number of hydrogen-bond acceptors (Lipinski definition) is 1. The maximum absolute atomic E-state index is 5.09. The maximum Gasteiger partial charge on any atom is 0.287 e. The summed E-state index contributed by atoms with van der Waals surface area (Å²) in [5.74, 6) is 1.76. The minimum atomic E-state index is 0.409. The fourth-order valence-electron chi connectivity index (χ4n) is 7.38. The van der Waals surface area contributed by atoms with Crippen LogP contribution in [0.5, 0.6) is 0 Å². The van der Waals surface area contributed by atoms with Crippen molar-refractivity contribution in [3.63, 3.8) is 0 Å². The van der Waals surface area contributed by atoms with Crippen LogP contribution in [0.1, 0.15) is 107 Å². The number of rotatable bonds is 5. The molecule has 3 heteroatoms. The van der Waals surface area contributed by atoms with Gasteiger partial charge in [-0.25, -0.2) is 4.57 Å². The average Bonchev–Trinajstić information content (AvgIpc) is 3.30. The lowest BCUT2D eigenvalue weighted by Gasteiger charge is -2.24. The largest absolute Gasteiger partial charge is 0.307 e. The Balaban J connectivity index is 1.74. The highest BCUT2D eigenvalue weighted by atomic mass is 15.0. The average molecular weight is 567 g/mol. The first-order valence-electron chi connectivity index (χ1n) is 16.1. The molecule has 0 fully saturated rings. The third-order valence-corrected chi connectivity index (χ3v) is 9.78. The molecule has 43 heavy (non-hydrogen) atoms. The number of aryl methyl sites for hydroxylation is 2. The van der Waals surface area contributed by atoms with Gasteiger partial charge in [0.1, 0.15) is 5.52 Å². The summed E-state index contributed by atoms with van der Waals surface area (Å²) in [5, 5.41) is 5.19. The van der Waals surface area contributed by atoms with E-state index in [0.29, 0.717) is 23.7 Å². The molecule has 0 aliphatic rings. The van der Waals surface area contributed by atoms with Crippen LogP contribution >= 0.6 is 0 Å². The number of fused-ring (bicyclic) bond motifs is 5. The fraction of sp³-hybridized carbons (Fsp3) is 0.350. The van der Waals surface area contributed by atoms with E-state index in [1.54, 1.807) is 0 Å². The number of nitrogens with zero attached hydrogens (tertiary/aromatic N) is 3. The van der Waals surface area contributed by atoms with Gasteiger partial charge in [-0.05, 0) is 92.7 Å². The summed E-state index contributed by atoms with van der Waals surface area (Å²) in [4.78, 5) is 5.09. The SMILES string of the molecule is Cc1ccc2c3ccc(C(C)C)cc3n3c4cc(-c5c(C(C)C)cc(C(C)C)cc5C(C)C)cc5nc[n+](C)c(c1c23)c54. The minimum absolute atomic E-state index is 0.409. The molecule has 0 unspecified atom stereocenters. The van der Waals surface area contributed by atoms with Gasteiger partial charge < -0.3 is 4.40 Å².